The van der Waals surface area contributed by atoms with Gasteiger partial charge >= 0.3 is 5.97 Å². The average Bonchev–Trinajstić information content (AvgIpc) is 2.76. The highest BCUT2D eigenvalue weighted by molar-refractivity contribution is 6.77. The van der Waals surface area contributed by atoms with Crippen molar-refractivity contribution in [3.8, 4) is 5.75 Å². The normalized spacial score (nSPS) is 21.5. The summed E-state index contributed by atoms with van der Waals surface area (Å²) in [5, 5.41) is 0. The Bertz CT molecular complexity index is 767. The lowest BCUT2D eigenvalue weighted by Gasteiger charge is -2.47. The molecule has 1 aromatic carbocycles. The van der Waals surface area contributed by atoms with E-state index in [0.717, 1.165) is 24.8 Å². The smallest absolute Gasteiger partial charge is 0.341 e. The fraction of sp³-hybridized carbons (Fsp3) is 0.667. The van der Waals surface area contributed by atoms with Crippen molar-refractivity contribution < 1.29 is 23.4 Å². The second-order valence-corrected chi connectivity index (χ2v) is 15.5. The number of methoxy groups -OCH3 is 2. The van der Waals surface area contributed by atoms with E-state index in [1.54, 1.807) is 13.2 Å². The zero-order valence-electron chi connectivity index (χ0n) is 21.9. The Morgan fingerprint density at radius 2 is 1.70 bits per heavy atom. The minimum Gasteiger partial charge on any atom is -0.496 e. The van der Waals surface area contributed by atoms with Gasteiger partial charge in [-0.05, 0) is 53.9 Å². The number of rotatable bonds is 11. The van der Waals surface area contributed by atoms with Gasteiger partial charge in [0.05, 0.1) is 32.5 Å². The van der Waals surface area contributed by atoms with Gasteiger partial charge in [0.1, 0.15) is 11.3 Å². The SMILES string of the molecule is C=CC[C@@H]1C[C@@H](O[Si](C(C)C)(C(C)C)C(C)C)C[C@@H](Cc2cccc(OC)c2C(=O)OC)O1. The van der Waals surface area contributed by atoms with Gasteiger partial charge in [0.25, 0.3) is 0 Å². The van der Waals surface area contributed by atoms with Crippen molar-refractivity contribution in [3.63, 3.8) is 0 Å². The van der Waals surface area contributed by atoms with Crippen molar-refractivity contribution in [1.29, 1.82) is 0 Å². The van der Waals surface area contributed by atoms with Crippen molar-refractivity contribution in [1.82, 2.24) is 0 Å². The van der Waals surface area contributed by atoms with Crippen LogP contribution in [0.4, 0.5) is 0 Å². The van der Waals surface area contributed by atoms with Crippen molar-refractivity contribution in [2.75, 3.05) is 14.2 Å². The van der Waals surface area contributed by atoms with Gasteiger partial charge in [-0.3, -0.25) is 0 Å². The number of hydrogen-bond acceptors (Lipinski definition) is 5. The van der Waals surface area contributed by atoms with Crippen LogP contribution in [-0.2, 0) is 20.3 Å². The Kier molecular flexibility index (Phi) is 10.2. The Balaban J connectivity index is 2.35. The van der Waals surface area contributed by atoms with Crippen molar-refractivity contribution in [2.45, 2.75) is 102 Å². The van der Waals surface area contributed by atoms with Crippen LogP contribution in [-0.4, -0.2) is 46.8 Å². The van der Waals surface area contributed by atoms with Gasteiger partial charge < -0.3 is 18.6 Å². The van der Waals surface area contributed by atoms with E-state index >= 15 is 0 Å². The maximum absolute atomic E-state index is 12.5. The number of ether oxygens (including phenoxy) is 3. The van der Waals surface area contributed by atoms with Crippen LogP contribution >= 0.6 is 0 Å². The van der Waals surface area contributed by atoms with Crippen LogP contribution in [0, 0.1) is 0 Å². The molecular weight excluding hydrogens is 432 g/mol. The van der Waals surface area contributed by atoms with Gasteiger partial charge in [0.2, 0.25) is 8.32 Å². The highest BCUT2D eigenvalue weighted by Crippen LogP contribution is 2.44. The van der Waals surface area contributed by atoms with Crippen LogP contribution in [0.15, 0.2) is 30.9 Å². The Labute approximate surface area is 202 Å². The van der Waals surface area contributed by atoms with Crippen LogP contribution < -0.4 is 4.74 Å². The standard InChI is InChI=1S/C27H44O5Si/c1-10-12-22-16-24(32-33(18(2)3,19(4)5)20(6)7)17-23(31-22)15-21-13-11-14-25(29-8)26(21)27(28)30-9/h10-11,13-14,18-20,22-24H,1,12,15-17H2,2-9H3/t22-,23-,24-/m1/s1. The fourth-order valence-corrected chi connectivity index (χ4v) is 11.4. The Hall–Kier alpha value is -1.63. The molecule has 0 saturated carbocycles. The molecule has 186 valence electrons. The first-order valence-corrected chi connectivity index (χ1v) is 14.4. The van der Waals surface area contributed by atoms with Crippen molar-refractivity contribution in [2.24, 2.45) is 0 Å². The first-order valence-electron chi connectivity index (χ1n) is 12.3. The average molecular weight is 477 g/mol. The summed E-state index contributed by atoms with van der Waals surface area (Å²) in [7, 11) is 0.952. The highest BCUT2D eigenvalue weighted by Gasteiger charge is 2.47. The third kappa shape index (κ3) is 6.28. The van der Waals surface area contributed by atoms with Gasteiger partial charge in [-0.1, -0.05) is 59.8 Å². The number of esters is 1. The maximum Gasteiger partial charge on any atom is 0.341 e. The maximum atomic E-state index is 12.5. The molecule has 2 rings (SSSR count). The molecule has 0 aromatic heterocycles. The lowest BCUT2D eigenvalue weighted by Crippen LogP contribution is -2.52. The molecule has 0 aliphatic carbocycles. The molecule has 0 bridgehead atoms. The summed E-state index contributed by atoms with van der Waals surface area (Å²) in [6, 6.07) is 5.66. The molecular formula is C27H44O5Si. The largest absolute Gasteiger partial charge is 0.496 e. The number of carbonyl (C=O) groups is 1. The zero-order chi connectivity index (χ0) is 24.8. The summed E-state index contributed by atoms with van der Waals surface area (Å²) in [4.78, 5) is 12.5. The van der Waals surface area contributed by atoms with Crippen LogP contribution in [0.3, 0.4) is 0 Å². The van der Waals surface area contributed by atoms with Crippen LogP contribution in [0.5, 0.6) is 5.75 Å². The summed E-state index contributed by atoms with van der Waals surface area (Å²) in [6.45, 7) is 17.9. The molecule has 1 aromatic rings. The Morgan fingerprint density at radius 3 is 2.21 bits per heavy atom. The first kappa shape index (κ1) is 27.6. The molecule has 0 N–H and O–H groups in total. The second kappa shape index (κ2) is 12.2. The van der Waals surface area contributed by atoms with E-state index < -0.39 is 8.32 Å². The molecule has 6 heteroatoms. The van der Waals surface area contributed by atoms with Gasteiger partial charge in [0.15, 0.2) is 0 Å². The predicted molar refractivity (Wildman–Crippen MR) is 137 cm³/mol. The molecule has 5 nitrogen and oxygen atoms in total. The Morgan fingerprint density at radius 1 is 1.09 bits per heavy atom. The van der Waals surface area contributed by atoms with Crippen molar-refractivity contribution >= 4 is 14.3 Å². The fourth-order valence-electron chi connectivity index (χ4n) is 5.82. The van der Waals surface area contributed by atoms with Crippen LogP contribution in [0.2, 0.25) is 16.6 Å². The van der Waals surface area contributed by atoms with E-state index in [1.807, 2.05) is 18.2 Å². The van der Waals surface area contributed by atoms with E-state index in [2.05, 4.69) is 48.1 Å². The van der Waals surface area contributed by atoms with E-state index in [4.69, 9.17) is 18.6 Å². The molecule has 1 aliphatic heterocycles. The van der Waals surface area contributed by atoms with Crippen LogP contribution in [0.1, 0.15) is 76.7 Å². The third-order valence-electron chi connectivity index (χ3n) is 7.11. The summed E-state index contributed by atoms with van der Waals surface area (Å²) in [5.41, 5.74) is 2.94. The van der Waals surface area contributed by atoms with Crippen LogP contribution in [0.25, 0.3) is 0 Å². The molecule has 0 spiro atoms. The summed E-state index contributed by atoms with van der Waals surface area (Å²) >= 11 is 0. The third-order valence-corrected chi connectivity index (χ3v) is 13.3. The molecule has 33 heavy (non-hydrogen) atoms. The van der Waals surface area contributed by atoms with E-state index in [-0.39, 0.29) is 24.3 Å². The molecule has 0 amide bonds. The molecule has 3 atom stereocenters. The molecule has 1 aliphatic rings. The minimum atomic E-state index is -2.01. The zero-order valence-corrected chi connectivity index (χ0v) is 22.9. The quantitative estimate of drug-likeness (QED) is 0.202. The molecule has 1 saturated heterocycles. The van der Waals surface area contributed by atoms with Gasteiger partial charge in [0, 0.05) is 0 Å². The summed E-state index contributed by atoms with van der Waals surface area (Å²) in [6.07, 6.45) is 5.16. The van der Waals surface area contributed by atoms with E-state index in [0.29, 0.717) is 34.4 Å². The summed E-state index contributed by atoms with van der Waals surface area (Å²) < 4.78 is 24.1. The lowest BCUT2D eigenvalue weighted by atomic mass is 9.93. The summed E-state index contributed by atoms with van der Waals surface area (Å²) in [5.74, 6) is 0.135. The number of benzene rings is 1. The predicted octanol–water partition coefficient (Wildman–Crippen LogP) is 6.71. The highest BCUT2D eigenvalue weighted by atomic mass is 28.4. The lowest BCUT2D eigenvalue weighted by molar-refractivity contribution is -0.0898. The second-order valence-electron chi connectivity index (χ2n) is 10.1. The van der Waals surface area contributed by atoms with E-state index in [1.165, 1.54) is 7.11 Å². The first-order chi connectivity index (χ1) is 15.6. The topological polar surface area (TPSA) is 54.0 Å². The molecule has 1 heterocycles. The molecule has 0 radical (unpaired) electrons. The molecule has 1 fully saturated rings. The minimum absolute atomic E-state index is 0.0533. The van der Waals surface area contributed by atoms with E-state index in [9.17, 15) is 4.79 Å². The monoisotopic (exact) mass is 476 g/mol. The molecule has 0 unspecified atom stereocenters. The number of carbonyl (C=O) groups excluding carboxylic acids is 1. The number of hydrogen-bond donors (Lipinski definition) is 0. The van der Waals surface area contributed by atoms with Gasteiger partial charge in [-0.25, -0.2) is 4.79 Å². The van der Waals surface area contributed by atoms with Gasteiger partial charge in [-0.15, -0.1) is 6.58 Å². The van der Waals surface area contributed by atoms with Crippen molar-refractivity contribution in [3.05, 3.63) is 42.0 Å². The van der Waals surface area contributed by atoms with Gasteiger partial charge in [-0.2, -0.15) is 0 Å².